The van der Waals surface area contributed by atoms with Gasteiger partial charge in [0.25, 0.3) is 5.91 Å². The number of benzene rings is 1. The Morgan fingerprint density at radius 3 is 2.62 bits per heavy atom. The molecule has 0 spiro atoms. The van der Waals surface area contributed by atoms with E-state index in [9.17, 15) is 9.59 Å². The molecule has 0 radical (unpaired) electrons. The number of amides is 2. The smallest absolute Gasteiger partial charge is 0.251 e. The van der Waals surface area contributed by atoms with E-state index in [2.05, 4.69) is 20.9 Å². The SMILES string of the molecule is CN=C(NCCc1cccc(C(=O)NC)c1)NCC(=O)N1CCCCC1. The van der Waals surface area contributed by atoms with Crippen molar-refractivity contribution in [1.82, 2.24) is 20.9 Å². The molecule has 0 aliphatic carbocycles. The number of rotatable bonds is 6. The molecule has 26 heavy (non-hydrogen) atoms. The molecule has 1 heterocycles. The van der Waals surface area contributed by atoms with Gasteiger partial charge in [-0.2, -0.15) is 0 Å². The van der Waals surface area contributed by atoms with E-state index in [1.165, 1.54) is 6.42 Å². The zero-order valence-electron chi connectivity index (χ0n) is 15.7. The highest BCUT2D eigenvalue weighted by atomic mass is 16.2. The number of carbonyl (C=O) groups is 2. The second-order valence-corrected chi connectivity index (χ2v) is 6.32. The summed E-state index contributed by atoms with van der Waals surface area (Å²) in [5.41, 5.74) is 1.72. The molecule has 1 fully saturated rings. The van der Waals surface area contributed by atoms with E-state index in [1.54, 1.807) is 20.2 Å². The summed E-state index contributed by atoms with van der Waals surface area (Å²) < 4.78 is 0. The normalized spacial score (nSPS) is 14.7. The molecule has 0 aromatic heterocycles. The molecule has 0 saturated carbocycles. The molecule has 3 N–H and O–H groups in total. The average Bonchev–Trinajstić information content (AvgIpc) is 2.70. The van der Waals surface area contributed by atoms with Gasteiger partial charge in [0, 0.05) is 39.3 Å². The number of nitrogens with one attached hydrogen (secondary N) is 3. The molecule has 1 aliphatic heterocycles. The fourth-order valence-electron chi connectivity index (χ4n) is 2.97. The lowest BCUT2D eigenvalue weighted by atomic mass is 10.1. The van der Waals surface area contributed by atoms with E-state index in [4.69, 9.17) is 0 Å². The third-order valence-corrected chi connectivity index (χ3v) is 4.46. The number of hydrogen-bond donors (Lipinski definition) is 3. The lowest BCUT2D eigenvalue weighted by Crippen LogP contribution is -2.46. The minimum Gasteiger partial charge on any atom is -0.356 e. The summed E-state index contributed by atoms with van der Waals surface area (Å²) >= 11 is 0. The number of guanidine groups is 1. The summed E-state index contributed by atoms with van der Waals surface area (Å²) in [6.07, 6.45) is 4.15. The molecule has 7 nitrogen and oxygen atoms in total. The number of hydrogen-bond acceptors (Lipinski definition) is 3. The Bertz CT molecular complexity index is 639. The second kappa shape index (κ2) is 10.4. The summed E-state index contributed by atoms with van der Waals surface area (Å²) in [5, 5.41) is 8.91. The third-order valence-electron chi connectivity index (χ3n) is 4.46. The van der Waals surface area contributed by atoms with Crippen molar-refractivity contribution < 1.29 is 9.59 Å². The predicted molar refractivity (Wildman–Crippen MR) is 103 cm³/mol. The van der Waals surface area contributed by atoms with Crippen molar-refractivity contribution in [2.45, 2.75) is 25.7 Å². The van der Waals surface area contributed by atoms with Crippen LogP contribution in [0.4, 0.5) is 0 Å². The Hall–Kier alpha value is -2.57. The van der Waals surface area contributed by atoms with Gasteiger partial charge >= 0.3 is 0 Å². The van der Waals surface area contributed by atoms with E-state index in [1.807, 2.05) is 23.1 Å². The zero-order valence-corrected chi connectivity index (χ0v) is 15.7. The quantitative estimate of drug-likeness (QED) is 0.517. The maximum absolute atomic E-state index is 12.2. The largest absolute Gasteiger partial charge is 0.356 e. The van der Waals surface area contributed by atoms with E-state index in [0.29, 0.717) is 18.1 Å². The van der Waals surface area contributed by atoms with Crippen LogP contribution in [0.15, 0.2) is 29.3 Å². The standard InChI is InChI=1S/C19H29N5O2/c1-20-18(26)16-8-6-7-15(13-16)9-10-22-19(21-2)23-14-17(25)24-11-4-3-5-12-24/h6-8,13H,3-5,9-12,14H2,1-2H3,(H,20,26)(H2,21,22,23). The van der Waals surface area contributed by atoms with Gasteiger partial charge in [0.2, 0.25) is 5.91 Å². The van der Waals surface area contributed by atoms with Crippen LogP contribution in [0, 0.1) is 0 Å². The Labute approximate surface area is 155 Å². The zero-order chi connectivity index (χ0) is 18.8. The second-order valence-electron chi connectivity index (χ2n) is 6.32. The van der Waals surface area contributed by atoms with Crippen LogP contribution >= 0.6 is 0 Å². The van der Waals surface area contributed by atoms with E-state index >= 15 is 0 Å². The Morgan fingerprint density at radius 1 is 1.15 bits per heavy atom. The molecular weight excluding hydrogens is 330 g/mol. The van der Waals surface area contributed by atoms with Crippen molar-refractivity contribution in [3.05, 3.63) is 35.4 Å². The molecule has 142 valence electrons. The molecule has 1 saturated heterocycles. The molecule has 0 atom stereocenters. The van der Waals surface area contributed by atoms with Crippen molar-refractivity contribution in [3.63, 3.8) is 0 Å². The van der Waals surface area contributed by atoms with E-state index in [-0.39, 0.29) is 18.4 Å². The monoisotopic (exact) mass is 359 g/mol. The summed E-state index contributed by atoms with van der Waals surface area (Å²) in [7, 11) is 3.31. The molecule has 0 bridgehead atoms. The van der Waals surface area contributed by atoms with Gasteiger partial charge in [0.05, 0.1) is 6.54 Å². The summed E-state index contributed by atoms with van der Waals surface area (Å²) in [4.78, 5) is 29.9. The topological polar surface area (TPSA) is 85.8 Å². The molecule has 1 aromatic carbocycles. The Balaban J connectivity index is 1.75. The van der Waals surface area contributed by atoms with Crippen molar-refractivity contribution in [2.24, 2.45) is 4.99 Å². The number of piperidine rings is 1. The van der Waals surface area contributed by atoms with Crippen LogP contribution in [0.1, 0.15) is 35.2 Å². The Kier molecular flexibility index (Phi) is 7.92. The first kappa shape index (κ1) is 19.8. The highest BCUT2D eigenvalue weighted by Crippen LogP contribution is 2.08. The molecule has 1 aliphatic rings. The molecule has 0 unspecified atom stereocenters. The fraction of sp³-hybridized carbons (Fsp3) is 0.526. The van der Waals surface area contributed by atoms with Crippen LogP contribution in [0.25, 0.3) is 0 Å². The first-order valence-corrected chi connectivity index (χ1v) is 9.17. The molecular formula is C19H29N5O2. The van der Waals surface area contributed by atoms with Crippen molar-refractivity contribution in [3.8, 4) is 0 Å². The number of nitrogens with zero attached hydrogens (tertiary/aromatic N) is 2. The van der Waals surface area contributed by atoms with Gasteiger partial charge in [-0.25, -0.2) is 0 Å². The summed E-state index contributed by atoms with van der Waals surface area (Å²) in [6, 6.07) is 7.55. The van der Waals surface area contributed by atoms with Gasteiger partial charge in [0.1, 0.15) is 0 Å². The minimum atomic E-state index is -0.0893. The molecule has 1 aromatic rings. The van der Waals surface area contributed by atoms with Crippen LogP contribution in [-0.4, -0.2) is 62.9 Å². The maximum Gasteiger partial charge on any atom is 0.251 e. The lowest BCUT2D eigenvalue weighted by molar-refractivity contribution is -0.130. The number of carbonyl (C=O) groups excluding carboxylic acids is 2. The minimum absolute atomic E-state index is 0.0893. The van der Waals surface area contributed by atoms with Crippen LogP contribution in [0.2, 0.25) is 0 Å². The van der Waals surface area contributed by atoms with Crippen LogP contribution in [0.3, 0.4) is 0 Å². The molecule has 2 rings (SSSR count). The predicted octanol–water partition coefficient (Wildman–Crippen LogP) is 0.766. The summed E-state index contributed by atoms with van der Waals surface area (Å²) in [5.74, 6) is 0.636. The molecule has 7 heteroatoms. The van der Waals surface area contributed by atoms with Crippen molar-refractivity contribution in [1.29, 1.82) is 0 Å². The van der Waals surface area contributed by atoms with E-state index in [0.717, 1.165) is 37.9 Å². The third kappa shape index (κ3) is 6.06. The van der Waals surface area contributed by atoms with Crippen molar-refractivity contribution >= 4 is 17.8 Å². The van der Waals surface area contributed by atoms with Crippen molar-refractivity contribution in [2.75, 3.05) is 40.3 Å². The lowest BCUT2D eigenvalue weighted by Gasteiger charge is -2.27. The van der Waals surface area contributed by atoms with Crippen LogP contribution in [0.5, 0.6) is 0 Å². The van der Waals surface area contributed by atoms with Gasteiger partial charge < -0.3 is 20.9 Å². The Morgan fingerprint density at radius 2 is 1.92 bits per heavy atom. The number of likely N-dealkylation sites (tertiary alicyclic amines) is 1. The first-order valence-electron chi connectivity index (χ1n) is 9.17. The van der Waals surface area contributed by atoms with Crippen LogP contribution in [-0.2, 0) is 11.2 Å². The van der Waals surface area contributed by atoms with E-state index < -0.39 is 0 Å². The highest BCUT2D eigenvalue weighted by molar-refractivity contribution is 5.94. The van der Waals surface area contributed by atoms with Gasteiger partial charge in [0.15, 0.2) is 5.96 Å². The fourth-order valence-corrected chi connectivity index (χ4v) is 2.97. The van der Waals surface area contributed by atoms with Gasteiger partial charge in [-0.05, 0) is 43.4 Å². The van der Waals surface area contributed by atoms with Gasteiger partial charge in [-0.15, -0.1) is 0 Å². The maximum atomic E-state index is 12.2. The van der Waals surface area contributed by atoms with Gasteiger partial charge in [-0.1, -0.05) is 12.1 Å². The average molecular weight is 359 g/mol. The summed E-state index contributed by atoms with van der Waals surface area (Å²) in [6.45, 7) is 2.63. The first-order chi connectivity index (χ1) is 12.6. The van der Waals surface area contributed by atoms with Gasteiger partial charge in [-0.3, -0.25) is 14.6 Å². The molecule has 2 amide bonds. The van der Waals surface area contributed by atoms with Crippen LogP contribution < -0.4 is 16.0 Å². The number of aliphatic imine (C=N–C) groups is 1. The highest BCUT2D eigenvalue weighted by Gasteiger charge is 2.16.